The van der Waals surface area contributed by atoms with Gasteiger partial charge in [0.15, 0.2) is 0 Å². The van der Waals surface area contributed by atoms with Crippen molar-refractivity contribution in [3.05, 3.63) is 22.8 Å². The summed E-state index contributed by atoms with van der Waals surface area (Å²) < 4.78 is 6.16. The maximum absolute atomic E-state index is 5.16. The Bertz CT molecular complexity index is 410. The summed E-state index contributed by atoms with van der Waals surface area (Å²) >= 11 is 3.41. The number of aromatic nitrogens is 2. The Morgan fingerprint density at radius 1 is 1.50 bits per heavy atom. The van der Waals surface area contributed by atoms with E-state index in [0.717, 1.165) is 21.1 Å². The van der Waals surface area contributed by atoms with Crippen molar-refractivity contribution in [3.8, 4) is 5.75 Å². The fraction of sp³-hybridized carbons (Fsp3) is 0.125. The van der Waals surface area contributed by atoms with Gasteiger partial charge >= 0.3 is 0 Å². The van der Waals surface area contributed by atoms with Crippen LogP contribution in [0.15, 0.2) is 22.8 Å². The van der Waals surface area contributed by atoms with E-state index < -0.39 is 0 Å². The minimum atomic E-state index is 0.835. The molecule has 0 radical (unpaired) electrons. The van der Waals surface area contributed by atoms with E-state index in [9.17, 15) is 0 Å². The lowest BCUT2D eigenvalue weighted by molar-refractivity contribution is 0.420. The molecule has 3 nitrogen and oxygen atoms in total. The Morgan fingerprint density at radius 3 is 3.08 bits per heavy atom. The summed E-state index contributed by atoms with van der Waals surface area (Å²) in [4.78, 5) is 0. The molecule has 0 atom stereocenters. The molecule has 62 valence electrons. The van der Waals surface area contributed by atoms with Crippen LogP contribution in [-0.4, -0.2) is 17.3 Å². The minimum Gasteiger partial charge on any atom is -0.496 e. The highest BCUT2D eigenvalue weighted by Crippen LogP contribution is 2.29. The highest BCUT2D eigenvalue weighted by atomic mass is 79.9. The van der Waals surface area contributed by atoms with Gasteiger partial charge in [0.2, 0.25) is 0 Å². The maximum atomic E-state index is 5.16. The molecule has 4 heteroatoms. The first-order chi connectivity index (χ1) is 5.83. The smallest absolute Gasteiger partial charge is 0.129 e. The summed E-state index contributed by atoms with van der Waals surface area (Å²) in [6.45, 7) is 0. The molecule has 1 N–H and O–H groups in total. The van der Waals surface area contributed by atoms with Gasteiger partial charge < -0.3 is 4.74 Å². The molecular weight excluding hydrogens is 220 g/mol. The molecule has 0 spiro atoms. The third-order valence-electron chi connectivity index (χ3n) is 1.74. The molecule has 1 aromatic carbocycles. The van der Waals surface area contributed by atoms with Crippen LogP contribution in [0.3, 0.4) is 0 Å². The van der Waals surface area contributed by atoms with Crippen molar-refractivity contribution in [1.82, 2.24) is 10.2 Å². The van der Waals surface area contributed by atoms with E-state index in [1.165, 1.54) is 0 Å². The second-order valence-corrected chi connectivity index (χ2v) is 3.26. The van der Waals surface area contributed by atoms with Gasteiger partial charge in [-0.2, -0.15) is 5.10 Å². The molecule has 2 aromatic rings. The van der Waals surface area contributed by atoms with Gasteiger partial charge in [0.05, 0.1) is 24.2 Å². The van der Waals surface area contributed by atoms with E-state index in [0.29, 0.717) is 0 Å². The molecule has 0 aliphatic carbocycles. The van der Waals surface area contributed by atoms with Crippen LogP contribution in [0, 0.1) is 0 Å². The molecule has 0 bridgehead atoms. The Morgan fingerprint density at radius 2 is 2.33 bits per heavy atom. The SMILES string of the molecule is COc1ccc(Br)c2[nH]ncc12. The van der Waals surface area contributed by atoms with Gasteiger partial charge in [-0.1, -0.05) is 0 Å². The van der Waals surface area contributed by atoms with Crippen LogP contribution in [0.25, 0.3) is 10.9 Å². The van der Waals surface area contributed by atoms with Crippen LogP contribution < -0.4 is 4.74 Å². The first-order valence-corrected chi connectivity index (χ1v) is 4.28. The standard InChI is InChI=1S/C8H7BrN2O/c1-12-7-3-2-6(9)8-5(7)4-10-11-8/h2-4H,1H3,(H,10,11). The van der Waals surface area contributed by atoms with E-state index in [1.807, 2.05) is 12.1 Å². The van der Waals surface area contributed by atoms with Crippen LogP contribution in [0.1, 0.15) is 0 Å². The minimum absolute atomic E-state index is 0.835. The number of rotatable bonds is 1. The van der Waals surface area contributed by atoms with E-state index in [1.54, 1.807) is 13.3 Å². The zero-order valence-electron chi connectivity index (χ0n) is 6.47. The lowest BCUT2D eigenvalue weighted by atomic mass is 10.2. The first-order valence-electron chi connectivity index (χ1n) is 3.48. The number of hydrogen-bond acceptors (Lipinski definition) is 2. The van der Waals surface area contributed by atoms with Gasteiger partial charge in [-0.3, -0.25) is 5.10 Å². The molecule has 2 rings (SSSR count). The Hall–Kier alpha value is -1.03. The number of nitrogens with one attached hydrogen (secondary N) is 1. The number of aromatic amines is 1. The third-order valence-corrected chi connectivity index (χ3v) is 2.41. The van der Waals surface area contributed by atoms with Crippen molar-refractivity contribution in [2.75, 3.05) is 7.11 Å². The van der Waals surface area contributed by atoms with E-state index in [2.05, 4.69) is 26.1 Å². The van der Waals surface area contributed by atoms with Crippen molar-refractivity contribution in [1.29, 1.82) is 0 Å². The molecule has 0 aliphatic heterocycles. The molecule has 1 heterocycles. The number of benzene rings is 1. The Kier molecular flexibility index (Phi) is 1.77. The normalized spacial score (nSPS) is 10.5. The summed E-state index contributed by atoms with van der Waals surface area (Å²) in [5.74, 6) is 0.835. The highest BCUT2D eigenvalue weighted by molar-refractivity contribution is 9.10. The second kappa shape index (κ2) is 2.79. The van der Waals surface area contributed by atoms with Gasteiger partial charge in [-0.25, -0.2) is 0 Å². The Labute approximate surface area is 77.9 Å². The van der Waals surface area contributed by atoms with E-state index in [-0.39, 0.29) is 0 Å². The lowest BCUT2D eigenvalue weighted by Gasteiger charge is -2.00. The summed E-state index contributed by atoms with van der Waals surface area (Å²) in [6.07, 6.45) is 1.75. The van der Waals surface area contributed by atoms with Crippen molar-refractivity contribution in [3.63, 3.8) is 0 Å². The number of H-pyrrole nitrogens is 1. The van der Waals surface area contributed by atoms with Crippen LogP contribution >= 0.6 is 15.9 Å². The van der Waals surface area contributed by atoms with Gasteiger partial charge in [-0.15, -0.1) is 0 Å². The van der Waals surface area contributed by atoms with Gasteiger partial charge in [0, 0.05) is 4.47 Å². The molecule has 1 aromatic heterocycles. The fourth-order valence-corrected chi connectivity index (χ4v) is 1.59. The number of methoxy groups -OCH3 is 1. The molecule has 0 unspecified atom stereocenters. The summed E-state index contributed by atoms with van der Waals surface area (Å²) in [5.41, 5.74) is 0.967. The third kappa shape index (κ3) is 0.992. The molecule has 0 saturated heterocycles. The number of fused-ring (bicyclic) bond motifs is 1. The zero-order chi connectivity index (χ0) is 8.55. The monoisotopic (exact) mass is 226 g/mol. The molecule has 0 aliphatic rings. The number of nitrogens with zero attached hydrogens (tertiary/aromatic N) is 1. The molecular formula is C8H7BrN2O. The zero-order valence-corrected chi connectivity index (χ0v) is 8.05. The predicted molar refractivity (Wildman–Crippen MR) is 50.3 cm³/mol. The Balaban J connectivity index is 2.82. The second-order valence-electron chi connectivity index (χ2n) is 2.41. The number of hydrogen-bond donors (Lipinski definition) is 1. The van der Waals surface area contributed by atoms with Crippen molar-refractivity contribution < 1.29 is 4.74 Å². The van der Waals surface area contributed by atoms with Crippen molar-refractivity contribution in [2.45, 2.75) is 0 Å². The molecule has 0 fully saturated rings. The van der Waals surface area contributed by atoms with Gasteiger partial charge in [0.1, 0.15) is 5.75 Å². The van der Waals surface area contributed by atoms with E-state index >= 15 is 0 Å². The van der Waals surface area contributed by atoms with Crippen LogP contribution in [-0.2, 0) is 0 Å². The quantitative estimate of drug-likeness (QED) is 0.811. The highest BCUT2D eigenvalue weighted by Gasteiger charge is 2.05. The first kappa shape index (κ1) is 7.61. The predicted octanol–water partition coefficient (Wildman–Crippen LogP) is 2.33. The van der Waals surface area contributed by atoms with Crippen LogP contribution in [0.5, 0.6) is 5.75 Å². The average Bonchev–Trinajstić information content (AvgIpc) is 2.54. The van der Waals surface area contributed by atoms with Crippen molar-refractivity contribution in [2.24, 2.45) is 0 Å². The largest absolute Gasteiger partial charge is 0.496 e. The average molecular weight is 227 g/mol. The molecule has 0 saturated carbocycles. The van der Waals surface area contributed by atoms with Gasteiger partial charge in [0.25, 0.3) is 0 Å². The molecule has 12 heavy (non-hydrogen) atoms. The van der Waals surface area contributed by atoms with Crippen molar-refractivity contribution >= 4 is 26.8 Å². The molecule has 0 amide bonds. The maximum Gasteiger partial charge on any atom is 0.129 e. The van der Waals surface area contributed by atoms with E-state index in [4.69, 9.17) is 4.74 Å². The lowest BCUT2D eigenvalue weighted by Crippen LogP contribution is -1.82. The fourth-order valence-electron chi connectivity index (χ4n) is 1.15. The van der Waals surface area contributed by atoms with Crippen LogP contribution in [0.2, 0.25) is 0 Å². The van der Waals surface area contributed by atoms with Crippen LogP contribution in [0.4, 0.5) is 0 Å². The van der Waals surface area contributed by atoms with Gasteiger partial charge in [-0.05, 0) is 28.1 Å². The summed E-state index contributed by atoms with van der Waals surface area (Å²) in [7, 11) is 1.65. The topological polar surface area (TPSA) is 37.9 Å². The summed E-state index contributed by atoms with van der Waals surface area (Å²) in [6, 6.07) is 3.83. The number of ether oxygens (including phenoxy) is 1. The summed E-state index contributed by atoms with van der Waals surface area (Å²) in [5, 5.41) is 7.81. The number of halogens is 1.